The van der Waals surface area contributed by atoms with Crippen LogP contribution < -0.4 is 4.74 Å². The third-order valence-corrected chi connectivity index (χ3v) is 6.90. The Hall–Kier alpha value is -1.82. The zero-order valence-electron chi connectivity index (χ0n) is 14.2. The van der Waals surface area contributed by atoms with Gasteiger partial charge in [-0.2, -0.15) is 5.26 Å². The zero-order valence-corrected chi connectivity index (χ0v) is 15.8. The summed E-state index contributed by atoms with van der Waals surface area (Å²) in [5.41, 5.74) is 0.672. The summed E-state index contributed by atoms with van der Waals surface area (Å²) >= 11 is 1.46. The van der Waals surface area contributed by atoms with Gasteiger partial charge in [-0.3, -0.25) is 0 Å². The lowest BCUT2D eigenvalue weighted by molar-refractivity contribution is 0.0394. The first-order chi connectivity index (χ1) is 11.8. The second kappa shape index (κ2) is 6.83. The summed E-state index contributed by atoms with van der Waals surface area (Å²) in [6, 6.07) is 6.00. The van der Waals surface area contributed by atoms with E-state index < -0.39 is 16.8 Å². The number of nitriles is 1. The number of benzene rings is 1. The Balaban J connectivity index is 1.57. The van der Waals surface area contributed by atoms with Gasteiger partial charge in [0.05, 0.1) is 22.9 Å². The molecule has 2 heterocycles. The van der Waals surface area contributed by atoms with Crippen molar-refractivity contribution in [3.05, 3.63) is 40.3 Å². The van der Waals surface area contributed by atoms with Crippen molar-refractivity contribution < 1.29 is 13.3 Å². The summed E-state index contributed by atoms with van der Waals surface area (Å²) in [5, 5.41) is 9.66. The number of aromatic nitrogens is 1. The van der Waals surface area contributed by atoms with Crippen LogP contribution in [0.5, 0.6) is 5.75 Å². The molecule has 1 aromatic heterocycles. The Morgan fingerprint density at radius 2 is 2.20 bits per heavy atom. The molecule has 1 unspecified atom stereocenters. The monoisotopic (exact) mass is 379 g/mol. The molecule has 1 aromatic carbocycles. The number of hydrogen-bond acceptors (Lipinski definition) is 5. The maximum absolute atomic E-state index is 13.6. The lowest BCUT2D eigenvalue weighted by Crippen LogP contribution is -2.57. The molecular formula is C17H18FN3O2S2. The highest BCUT2D eigenvalue weighted by Crippen LogP contribution is 2.35. The van der Waals surface area contributed by atoms with E-state index in [0.717, 1.165) is 14.9 Å². The minimum absolute atomic E-state index is 0.000927. The number of thiazole rings is 1. The summed E-state index contributed by atoms with van der Waals surface area (Å²) in [6.07, 6.45) is 0. The predicted octanol–water partition coefficient (Wildman–Crippen LogP) is 3.19. The van der Waals surface area contributed by atoms with Crippen molar-refractivity contribution >= 4 is 22.3 Å². The molecule has 0 N–H and O–H groups in total. The lowest BCUT2D eigenvalue weighted by atomic mass is 9.85. The van der Waals surface area contributed by atoms with E-state index in [1.807, 2.05) is 25.1 Å². The molecule has 25 heavy (non-hydrogen) atoms. The number of hydrogen-bond donors (Lipinski definition) is 0. The maximum Gasteiger partial charge on any atom is 0.144 e. The Morgan fingerprint density at radius 1 is 1.48 bits per heavy atom. The van der Waals surface area contributed by atoms with Gasteiger partial charge in [0.15, 0.2) is 0 Å². The van der Waals surface area contributed by atoms with Crippen LogP contribution in [-0.2, 0) is 11.0 Å². The molecular weight excluding hydrogens is 361 g/mol. The van der Waals surface area contributed by atoms with Crippen LogP contribution in [-0.4, -0.2) is 33.2 Å². The molecule has 1 aliphatic rings. The van der Waals surface area contributed by atoms with E-state index in [9.17, 15) is 8.60 Å². The van der Waals surface area contributed by atoms with Gasteiger partial charge >= 0.3 is 0 Å². The van der Waals surface area contributed by atoms with E-state index in [0.29, 0.717) is 25.4 Å². The van der Waals surface area contributed by atoms with Gasteiger partial charge in [0, 0.05) is 24.6 Å². The first-order valence-electron chi connectivity index (χ1n) is 7.75. The van der Waals surface area contributed by atoms with Gasteiger partial charge in [0.2, 0.25) is 0 Å². The van der Waals surface area contributed by atoms with E-state index in [-0.39, 0.29) is 11.0 Å². The Kier molecular flexibility index (Phi) is 4.91. The molecule has 0 spiro atoms. The molecule has 132 valence electrons. The van der Waals surface area contributed by atoms with Crippen LogP contribution in [0.1, 0.15) is 23.2 Å². The SMILES string of the molecule is Cc1nc(C)c(S(=O)N2CC(C)(COc3ccc(C#N)c(F)c3)C2)s1. The fraction of sp³-hybridized carbons (Fsp3) is 0.412. The van der Waals surface area contributed by atoms with Crippen LogP contribution in [0.25, 0.3) is 0 Å². The fourth-order valence-electron chi connectivity index (χ4n) is 2.74. The highest BCUT2D eigenvalue weighted by atomic mass is 32.2. The van der Waals surface area contributed by atoms with Crippen LogP contribution in [0.4, 0.5) is 4.39 Å². The lowest BCUT2D eigenvalue weighted by Gasteiger charge is -2.46. The summed E-state index contributed by atoms with van der Waals surface area (Å²) in [5.74, 6) is -0.191. The summed E-state index contributed by atoms with van der Waals surface area (Å²) < 4.78 is 34.6. The molecule has 5 nitrogen and oxygen atoms in total. The maximum atomic E-state index is 13.6. The van der Waals surface area contributed by atoms with Crippen LogP contribution in [0.3, 0.4) is 0 Å². The van der Waals surface area contributed by atoms with Gasteiger partial charge in [-0.05, 0) is 26.0 Å². The highest BCUT2D eigenvalue weighted by molar-refractivity contribution is 7.85. The molecule has 2 aromatic rings. The standard InChI is InChI=1S/C17H18FN3O2S2/c1-11-16(24-12(2)20-11)25(22)21-8-17(3,9-21)10-23-14-5-4-13(7-19)15(18)6-14/h4-6H,8-10H2,1-3H3. The van der Waals surface area contributed by atoms with Crippen LogP contribution in [0.15, 0.2) is 22.4 Å². The minimum atomic E-state index is -1.20. The molecule has 1 fully saturated rings. The zero-order chi connectivity index (χ0) is 18.2. The molecule has 8 heteroatoms. The van der Waals surface area contributed by atoms with Crippen LogP contribution in [0, 0.1) is 36.4 Å². The Bertz CT molecular complexity index is 869. The predicted molar refractivity (Wildman–Crippen MR) is 94.3 cm³/mol. The van der Waals surface area contributed by atoms with Crippen molar-refractivity contribution in [3.63, 3.8) is 0 Å². The van der Waals surface area contributed by atoms with E-state index >= 15 is 0 Å². The third kappa shape index (κ3) is 3.73. The average Bonchev–Trinajstić information content (AvgIpc) is 2.88. The normalized spacial score (nSPS) is 17.6. The number of nitrogens with zero attached hydrogens (tertiary/aromatic N) is 3. The molecule has 0 amide bonds. The number of halogens is 1. The molecule has 0 saturated carbocycles. The number of rotatable bonds is 5. The summed E-state index contributed by atoms with van der Waals surface area (Å²) in [6.45, 7) is 7.49. The van der Waals surface area contributed by atoms with E-state index in [2.05, 4.69) is 4.98 Å². The van der Waals surface area contributed by atoms with Gasteiger partial charge in [-0.1, -0.05) is 6.92 Å². The average molecular weight is 379 g/mol. The van der Waals surface area contributed by atoms with Crippen molar-refractivity contribution in [2.75, 3.05) is 19.7 Å². The second-order valence-corrected chi connectivity index (χ2v) is 9.39. The van der Waals surface area contributed by atoms with Crippen molar-refractivity contribution in [1.82, 2.24) is 9.29 Å². The molecule has 1 aliphatic heterocycles. The fourth-order valence-corrected chi connectivity index (χ4v) is 5.74. The van der Waals surface area contributed by atoms with Crippen LogP contribution in [0.2, 0.25) is 0 Å². The van der Waals surface area contributed by atoms with Crippen molar-refractivity contribution in [3.8, 4) is 11.8 Å². The minimum Gasteiger partial charge on any atom is -0.493 e. The van der Waals surface area contributed by atoms with Gasteiger partial charge in [-0.15, -0.1) is 11.3 Å². The van der Waals surface area contributed by atoms with Gasteiger partial charge in [-0.25, -0.2) is 17.9 Å². The third-order valence-electron chi connectivity index (χ3n) is 4.02. The second-order valence-electron chi connectivity index (χ2n) is 6.51. The molecule has 3 rings (SSSR count). The van der Waals surface area contributed by atoms with E-state index in [1.54, 1.807) is 12.1 Å². The van der Waals surface area contributed by atoms with Gasteiger partial charge < -0.3 is 4.74 Å². The topological polar surface area (TPSA) is 66.2 Å². The van der Waals surface area contributed by atoms with Gasteiger partial charge in [0.1, 0.15) is 32.8 Å². The van der Waals surface area contributed by atoms with E-state index in [1.165, 1.54) is 23.5 Å². The van der Waals surface area contributed by atoms with Crippen LogP contribution >= 0.6 is 11.3 Å². The first-order valence-corrected chi connectivity index (χ1v) is 9.67. The number of aryl methyl sites for hydroxylation is 2. The highest BCUT2D eigenvalue weighted by Gasteiger charge is 2.43. The Morgan fingerprint density at radius 3 is 2.76 bits per heavy atom. The largest absolute Gasteiger partial charge is 0.493 e. The smallest absolute Gasteiger partial charge is 0.144 e. The molecule has 0 radical (unpaired) electrons. The summed E-state index contributed by atoms with van der Waals surface area (Å²) in [4.78, 5) is 4.32. The first kappa shape index (κ1) is 18.0. The quantitative estimate of drug-likeness (QED) is 0.800. The summed E-state index contributed by atoms with van der Waals surface area (Å²) in [7, 11) is -1.20. The van der Waals surface area contributed by atoms with Gasteiger partial charge in [0.25, 0.3) is 0 Å². The molecule has 0 bridgehead atoms. The van der Waals surface area contributed by atoms with Crippen molar-refractivity contribution in [2.24, 2.45) is 5.41 Å². The van der Waals surface area contributed by atoms with Crippen molar-refractivity contribution in [2.45, 2.75) is 25.0 Å². The molecule has 1 atom stereocenters. The molecule has 1 saturated heterocycles. The number of ether oxygens (including phenoxy) is 1. The molecule has 0 aliphatic carbocycles. The van der Waals surface area contributed by atoms with E-state index in [4.69, 9.17) is 10.00 Å². The Labute approximate surface area is 152 Å². The van der Waals surface area contributed by atoms with Crippen molar-refractivity contribution in [1.29, 1.82) is 5.26 Å².